The minimum absolute atomic E-state index is 0.232. The standard InChI is InChI=1S/C15H15FN2O/c1-10(11-4-2-6-13(16)8-11)18-15(19)12-5-3-7-14(17)9-12/h2-10H,17H2,1H3,(H,18,19)/t10-/m0/s1. The highest BCUT2D eigenvalue weighted by Crippen LogP contribution is 2.15. The van der Waals surface area contributed by atoms with Crippen molar-refractivity contribution in [2.45, 2.75) is 13.0 Å². The summed E-state index contributed by atoms with van der Waals surface area (Å²) < 4.78 is 13.1. The van der Waals surface area contributed by atoms with Gasteiger partial charge in [-0.3, -0.25) is 4.79 Å². The molecule has 98 valence electrons. The summed E-state index contributed by atoms with van der Waals surface area (Å²) in [4.78, 5) is 12.0. The van der Waals surface area contributed by atoms with Crippen molar-refractivity contribution in [1.82, 2.24) is 5.32 Å². The number of halogens is 1. The normalized spacial score (nSPS) is 11.9. The Morgan fingerprint density at radius 1 is 1.21 bits per heavy atom. The van der Waals surface area contributed by atoms with Crippen molar-refractivity contribution in [3.05, 3.63) is 65.5 Å². The first kappa shape index (κ1) is 13.1. The summed E-state index contributed by atoms with van der Waals surface area (Å²) in [5.41, 5.74) is 7.37. The Morgan fingerprint density at radius 3 is 2.63 bits per heavy atom. The van der Waals surface area contributed by atoms with E-state index in [1.165, 1.54) is 12.1 Å². The Labute approximate surface area is 111 Å². The van der Waals surface area contributed by atoms with Crippen LogP contribution in [0.4, 0.5) is 10.1 Å². The molecule has 2 aromatic rings. The molecule has 0 radical (unpaired) electrons. The summed E-state index contributed by atoms with van der Waals surface area (Å²) in [5.74, 6) is -0.549. The molecule has 2 aromatic carbocycles. The predicted octanol–water partition coefficient (Wildman–Crippen LogP) is 2.90. The Balaban J connectivity index is 2.11. The Hall–Kier alpha value is -2.36. The van der Waals surface area contributed by atoms with E-state index in [9.17, 15) is 9.18 Å². The maximum atomic E-state index is 13.1. The van der Waals surface area contributed by atoms with Crippen LogP contribution in [0.15, 0.2) is 48.5 Å². The molecule has 0 spiro atoms. The molecule has 3 nitrogen and oxygen atoms in total. The number of benzene rings is 2. The van der Waals surface area contributed by atoms with E-state index >= 15 is 0 Å². The molecule has 0 aliphatic heterocycles. The minimum Gasteiger partial charge on any atom is -0.399 e. The molecule has 3 N–H and O–H groups in total. The summed E-state index contributed by atoms with van der Waals surface area (Å²) in [6.45, 7) is 1.80. The molecule has 2 rings (SSSR count). The van der Waals surface area contributed by atoms with Crippen LogP contribution in [0.1, 0.15) is 28.9 Å². The number of nitrogen functional groups attached to an aromatic ring is 1. The molecule has 0 unspecified atom stereocenters. The zero-order valence-electron chi connectivity index (χ0n) is 10.6. The predicted molar refractivity (Wildman–Crippen MR) is 73.1 cm³/mol. The number of hydrogen-bond acceptors (Lipinski definition) is 2. The fourth-order valence-corrected chi connectivity index (χ4v) is 1.82. The molecule has 1 atom stereocenters. The highest BCUT2D eigenvalue weighted by atomic mass is 19.1. The van der Waals surface area contributed by atoms with E-state index in [-0.39, 0.29) is 17.8 Å². The van der Waals surface area contributed by atoms with Crippen LogP contribution in [-0.2, 0) is 0 Å². The van der Waals surface area contributed by atoms with Gasteiger partial charge in [0.05, 0.1) is 6.04 Å². The second-order valence-corrected chi connectivity index (χ2v) is 4.38. The van der Waals surface area contributed by atoms with Crippen molar-refractivity contribution in [2.24, 2.45) is 0 Å². The molecule has 0 aromatic heterocycles. The third kappa shape index (κ3) is 3.31. The van der Waals surface area contributed by atoms with Crippen LogP contribution < -0.4 is 11.1 Å². The number of carbonyl (C=O) groups excluding carboxylic acids is 1. The van der Waals surface area contributed by atoms with Crippen LogP contribution in [-0.4, -0.2) is 5.91 Å². The molecule has 0 aliphatic rings. The monoisotopic (exact) mass is 258 g/mol. The summed E-state index contributed by atoms with van der Waals surface area (Å²) in [7, 11) is 0. The van der Waals surface area contributed by atoms with Gasteiger partial charge in [0.25, 0.3) is 5.91 Å². The van der Waals surface area contributed by atoms with Gasteiger partial charge in [0.2, 0.25) is 0 Å². The zero-order valence-corrected chi connectivity index (χ0v) is 10.6. The van der Waals surface area contributed by atoms with Gasteiger partial charge in [0, 0.05) is 11.3 Å². The molecule has 0 saturated heterocycles. The highest BCUT2D eigenvalue weighted by Gasteiger charge is 2.11. The number of nitrogens with one attached hydrogen (secondary N) is 1. The van der Waals surface area contributed by atoms with Gasteiger partial charge in [-0.1, -0.05) is 18.2 Å². The molecule has 0 aliphatic carbocycles. The zero-order chi connectivity index (χ0) is 13.8. The van der Waals surface area contributed by atoms with Gasteiger partial charge >= 0.3 is 0 Å². The molecule has 0 saturated carbocycles. The first-order chi connectivity index (χ1) is 9.06. The third-order valence-electron chi connectivity index (χ3n) is 2.85. The summed E-state index contributed by atoms with van der Waals surface area (Å²) >= 11 is 0. The SMILES string of the molecule is C[C@H](NC(=O)c1cccc(N)c1)c1cccc(F)c1. The summed E-state index contributed by atoms with van der Waals surface area (Å²) in [6.07, 6.45) is 0. The van der Waals surface area contributed by atoms with E-state index in [0.717, 1.165) is 5.56 Å². The van der Waals surface area contributed by atoms with Crippen molar-refractivity contribution in [2.75, 3.05) is 5.73 Å². The lowest BCUT2D eigenvalue weighted by Crippen LogP contribution is -2.26. The number of anilines is 1. The fraction of sp³-hybridized carbons (Fsp3) is 0.133. The maximum absolute atomic E-state index is 13.1. The van der Waals surface area contributed by atoms with E-state index in [0.29, 0.717) is 11.3 Å². The van der Waals surface area contributed by atoms with Crippen molar-refractivity contribution >= 4 is 11.6 Å². The van der Waals surface area contributed by atoms with Crippen molar-refractivity contribution in [1.29, 1.82) is 0 Å². The molecular weight excluding hydrogens is 243 g/mol. The molecule has 0 fully saturated rings. The second kappa shape index (κ2) is 5.52. The van der Waals surface area contributed by atoms with Crippen molar-refractivity contribution in [3.63, 3.8) is 0 Å². The van der Waals surface area contributed by atoms with Crippen LogP contribution in [0.3, 0.4) is 0 Å². The number of nitrogens with two attached hydrogens (primary N) is 1. The number of carbonyl (C=O) groups is 1. The average molecular weight is 258 g/mol. The van der Waals surface area contributed by atoms with E-state index in [4.69, 9.17) is 5.73 Å². The lowest BCUT2D eigenvalue weighted by Gasteiger charge is -2.14. The first-order valence-electron chi connectivity index (χ1n) is 5.98. The summed E-state index contributed by atoms with van der Waals surface area (Å²) in [5, 5.41) is 2.81. The van der Waals surface area contributed by atoms with Gasteiger partial charge in [0.1, 0.15) is 5.82 Å². The molecular formula is C15H15FN2O. The van der Waals surface area contributed by atoms with Crippen molar-refractivity contribution in [3.8, 4) is 0 Å². The van der Waals surface area contributed by atoms with E-state index in [2.05, 4.69) is 5.32 Å². The van der Waals surface area contributed by atoms with Gasteiger partial charge in [-0.15, -0.1) is 0 Å². The summed E-state index contributed by atoms with van der Waals surface area (Å²) in [6, 6.07) is 12.6. The topological polar surface area (TPSA) is 55.1 Å². The fourth-order valence-electron chi connectivity index (χ4n) is 1.82. The highest BCUT2D eigenvalue weighted by molar-refractivity contribution is 5.95. The minimum atomic E-state index is -0.317. The second-order valence-electron chi connectivity index (χ2n) is 4.38. The molecule has 0 heterocycles. The van der Waals surface area contributed by atoms with Crippen LogP contribution in [0.2, 0.25) is 0 Å². The van der Waals surface area contributed by atoms with Gasteiger partial charge in [-0.05, 0) is 42.8 Å². The van der Waals surface area contributed by atoms with Gasteiger partial charge in [-0.25, -0.2) is 4.39 Å². The molecule has 0 bridgehead atoms. The number of rotatable bonds is 3. The van der Waals surface area contributed by atoms with Crippen LogP contribution in [0.25, 0.3) is 0 Å². The van der Waals surface area contributed by atoms with Crippen LogP contribution in [0.5, 0.6) is 0 Å². The first-order valence-corrected chi connectivity index (χ1v) is 5.98. The molecule has 4 heteroatoms. The number of hydrogen-bond donors (Lipinski definition) is 2. The smallest absolute Gasteiger partial charge is 0.251 e. The third-order valence-corrected chi connectivity index (χ3v) is 2.85. The lowest BCUT2D eigenvalue weighted by atomic mass is 10.1. The molecule has 1 amide bonds. The Bertz CT molecular complexity index is 598. The van der Waals surface area contributed by atoms with Crippen LogP contribution in [0, 0.1) is 5.82 Å². The van der Waals surface area contributed by atoms with Crippen LogP contribution >= 0.6 is 0 Å². The quantitative estimate of drug-likeness (QED) is 0.832. The van der Waals surface area contributed by atoms with Crippen molar-refractivity contribution < 1.29 is 9.18 Å². The largest absolute Gasteiger partial charge is 0.399 e. The van der Waals surface area contributed by atoms with Gasteiger partial charge in [0.15, 0.2) is 0 Å². The molecule has 19 heavy (non-hydrogen) atoms. The van der Waals surface area contributed by atoms with E-state index in [1.54, 1.807) is 43.3 Å². The van der Waals surface area contributed by atoms with Gasteiger partial charge in [-0.2, -0.15) is 0 Å². The number of amides is 1. The Morgan fingerprint density at radius 2 is 1.95 bits per heavy atom. The van der Waals surface area contributed by atoms with E-state index < -0.39 is 0 Å². The lowest BCUT2D eigenvalue weighted by molar-refractivity contribution is 0.0940. The Kier molecular flexibility index (Phi) is 3.80. The average Bonchev–Trinajstić information content (AvgIpc) is 2.38. The van der Waals surface area contributed by atoms with Gasteiger partial charge < -0.3 is 11.1 Å². The maximum Gasteiger partial charge on any atom is 0.251 e. The van der Waals surface area contributed by atoms with E-state index in [1.807, 2.05) is 0 Å².